The van der Waals surface area contributed by atoms with Crippen molar-refractivity contribution in [1.29, 1.82) is 0 Å². The summed E-state index contributed by atoms with van der Waals surface area (Å²) >= 11 is 1.63. The number of rotatable bonds is 1. The van der Waals surface area contributed by atoms with Gasteiger partial charge in [-0.1, -0.05) is 0 Å². The van der Waals surface area contributed by atoms with E-state index in [1.165, 1.54) is 0 Å². The predicted octanol–water partition coefficient (Wildman–Crippen LogP) is 2.88. The summed E-state index contributed by atoms with van der Waals surface area (Å²) in [5, 5.41) is 1.01. The molecule has 4 heteroatoms. The number of aliphatic imine (C=N–C) groups is 1. The molecule has 0 amide bonds. The molecule has 3 nitrogen and oxygen atoms in total. The van der Waals surface area contributed by atoms with Crippen molar-refractivity contribution in [3.8, 4) is 0 Å². The summed E-state index contributed by atoms with van der Waals surface area (Å²) in [5.41, 5.74) is 2.79. The SMILES string of the molecule is CN=C(SC)c1ccc2nc(C)oc2c1. The number of nitrogens with zero attached hydrogens (tertiary/aromatic N) is 2. The Morgan fingerprint density at radius 3 is 2.93 bits per heavy atom. The van der Waals surface area contributed by atoms with Gasteiger partial charge in [0.05, 0.1) is 5.04 Å². The predicted molar refractivity (Wildman–Crippen MR) is 64.7 cm³/mol. The molecular formula is C11H12N2OS. The van der Waals surface area contributed by atoms with Crippen molar-refractivity contribution in [1.82, 2.24) is 4.98 Å². The normalized spacial score (nSPS) is 12.3. The molecule has 0 N–H and O–H groups in total. The molecule has 0 bridgehead atoms. The lowest BCUT2D eigenvalue weighted by Crippen LogP contribution is -1.93. The lowest BCUT2D eigenvalue weighted by molar-refractivity contribution is 0.561. The minimum atomic E-state index is 0.696. The molecule has 0 radical (unpaired) electrons. The molecule has 15 heavy (non-hydrogen) atoms. The van der Waals surface area contributed by atoms with E-state index in [-0.39, 0.29) is 0 Å². The Labute approximate surface area is 92.6 Å². The monoisotopic (exact) mass is 220 g/mol. The third-order valence-electron chi connectivity index (χ3n) is 2.14. The van der Waals surface area contributed by atoms with E-state index in [1.54, 1.807) is 18.8 Å². The van der Waals surface area contributed by atoms with Crippen molar-refractivity contribution in [2.24, 2.45) is 4.99 Å². The first-order valence-corrected chi connectivity index (χ1v) is 5.85. The molecule has 0 aliphatic heterocycles. The quantitative estimate of drug-likeness (QED) is 0.548. The minimum Gasteiger partial charge on any atom is -0.441 e. The van der Waals surface area contributed by atoms with E-state index < -0.39 is 0 Å². The largest absolute Gasteiger partial charge is 0.441 e. The molecule has 2 aromatic rings. The Hall–Kier alpha value is -1.29. The fraction of sp³-hybridized carbons (Fsp3) is 0.273. The fourth-order valence-corrected chi connectivity index (χ4v) is 2.06. The molecule has 1 aromatic carbocycles. The molecule has 0 saturated carbocycles. The third kappa shape index (κ3) is 1.90. The molecular weight excluding hydrogens is 208 g/mol. The highest BCUT2D eigenvalue weighted by Crippen LogP contribution is 2.19. The lowest BCUT2D eigenvalue weighted by Gasteiger charge is -2.00. The van der Waals surface area contributed by atoms with Crippen LogP contribution < -0.4 is 0 Å². The highest BCUT2D eigenvalue weighted by atomic mass is 32.2. The number of hydrogen-bond donors (Lipinski definition) is 0. The summed E-state index contributed by atoms with van der Waals surface area (Å²) in [5.74, 6) is 0.696. The van der Waals surface area contributed by atoms with Gasteiger partial charge in [0.1, 0.15) is 5.52 Å². The molecule has 0 fully saturated rings. The molecule has 0 saturated heterocycles. The number of hydrogen-bond acceptors (Lipinski definition) is 4. The molecule has 0 spiro atoms. The summed E-state index contributed by atoms with van der Waals surface area (Å²) in [4.78, 5) is 8.46. The smallest absolute Gasteiger partial charge is 0.192 e. The number of benzene rings is 1. The molecule has 0 aliphatic carbocycles. The first-order valence-electron chi connectivity index (χ1n) is 4.63. The topological polar surface area (TPSA) is 38.4 Å². The van der Waals surface area contributed by atoms with Crippen LogP contribution in [0.1, 0.15) is 11.5 Å². The van der Waals surface area contributed by atoms with Crippen LogP contribution in [-0.4, -0.2) is 23.3 Å². The molecule has 0 atom stereocenters. The van der Waals surface area contributed by atoms with Crippen LogP contribution >= 0.6 is 11.8 Å². The molecule has 2 rings (SSSR count). The Bertz CT molecular complexity index is 516. The highest BCUT2D eigenvalue weighted by molar-refractivity contribution is 8.13. The van der Waals surface area contributed by atoms with Gasteiger partial charge in [0, 0.05) is 19.5 Å². The maximum Gasteiger partial charge on any atom is 0.192 e. The summed E-state index contributed by atoms with van der Waals surface area (Å²) in [6.45, 7) is 1.85. The van der Waals surface area contributed by atoms with Gasteiger partial charge in [0.15, 0.2) is 11.5 Å². The van der Waals surface area contributed by atoms with Gasteiger partial charge >= 0.3 is 0 Å². The zero-order chi connectivity index (χ0) is 10.8. The Morgan fingerprint density at radius 2 is 2.27 bits per heavy atom. The van der Waals surface area contributed by atoms with Crippen molar-refractivity contribution in [2.75, 3.05) is 13.3 Å². The number of fused-ring (bicyclic) bond motifs is 1. The molecule has 1 aromatic heterocycles. The third-order valence-corrected chi connectivity index (χ3v) is 2.94. The van der Waals surface area contributed by atoms with Crippen LogP contribution in [0.4, 0.5) is 0 Å². The van der Waals surface area contributed by atoms with Crippen molar-refractivity contribution in [3.63, 3.8) is 0 Å². The number of thioether (sulfide) groups is 1. The van der Waals surface area contributed by atoms with Crippen LogP contribution in [0.15, 0.2) is 27.6 Å². The summed E-state index contributed by atoms with van der Waals surface area (Å²) < 4.78 is 5.47. The molecule has 0 unspecified atom stereocenters. The van der Waals surface area contributed by atoms with E-state index in [2.05, 4.69) is 9.98 Å². The highest BCUT2D eigenvalue weighted by Gasteiger charge is 2.06. The van der Waals surface area contributed by atoms with Gasteiger partial charge in [-0.3, -0.25) is 4.99 Å². The lowest BCUT2D eigenvalue weighted by atomic mass is 10.2. The van der Waals surface area contributed by atoms with Crippen molar-refractivity contribution >= 4 is 27.9 Å². The molecule has 1 heterocycles. The number of oxazole rings is 1. The zero-order valence-corrected chi connectivity index (χ0v) is 9.76. The van der Waals surface area contributed by atoms with Crippen LogP contribution in [0.2, 0.25) is 0 Å². The standard InChI is InChI=1S/C11H12N2OS/c1-7-13-9-5-4-8(6-10(9)14-7)11(12-2)15-3/h4-6H,1-3H3. The average molecular weight is 220 g/mol. The van der Waals surface area contributed by atoms with Gasteiger partial charge in [-0.15, -0.1) is 11.8 Å². The van der Waals surface area contributed by atoms with Gasteiger partial charge in [0.25, 0.3) is 0 Å². The van der Waals surface area contributed by atoms with Gasteiger partial charge in [-0.2, -0.15) is 0 Å². The average Bonchev–Trinajstić information content (AvgIpc) is 2.59. The Morgan fingerprint density at radius 1 is 1.47 bits per heavy atom. The van der Waals surface area contributed by atoms with Crippen LogP contribution in [0.3, 0.4) is 0 Å². The summed E-state index contributed by atoms with van der Waals surface area (Å²) in [6.07, 6.45) is 2.01. The van der Waals surface area contributed by atoms with Crippen molar-refractivity contribution < 1.29 is 4.42 Å². The van der Waals surface area contributed by atoms with E-state index in [4.69, 9.17) is 4.42 Å². The van der Waals surface area contributed by atoms with E-state index in [9.17, 15) is 0 Å². The van der Waals surface area contributed by atoms with Crippen molar-refractivity contribution in [2.45, 2.75) is 6.92 Å². The van der Waals surface area contributed by atoms with Crippen LogP contribution in [-0.2, 0) is 0 Å². The second-order valence-electron chi connectivity index (χ2n) is 3.15. The number of aryl methyl sites for hydroxylation is 1. The van der Waals surface area contributed by atoms with E-state index in [0.717, 1.165) is 21.7 Å². The summed E-state index contributed by atoms with van der Waals surface area (Å²) in [6, 6.07) is 5.96. The zero-order valence-electron chi connectivity index (χ0n) is 8.94. The van der Waals surface area contributed by atoms with Gasteiger partial charge in [-0.25, -0.2) is 4.98 Å². The summed E-state index contributed by atoms with van der Waals surface area (Å²) in [7, 11) is 1.79. The van der Waals surface area contributed by atoms with E-state index in [1.807, 2.05) is 31.4 Å². The van der Waals surface area contributed by atoms with Crippen LogP contribution in [0.5, 0.6) is 0 Å². The van der Waals surface area contributed by atoms with Gasteiger partial charge in [0.2, 0.25) is 0 Å². The van der Waals surface area contributed by atoms with Crippen LogP contribution in [0, 0.1) is 6.92 Å². The Kier molecular flexibility index (Phi) is 2.77. The fourth-order valence-electron chi connectivity index (χ4n) is 1.51. The first-order chi connectivity index (χ1) is 7.24. The molecule has 0 aliphatic rings. The molecule has 78 valence electrons. The maximum absolute atomic E-state index is 5.47. The van der Waals surface area contributed by atoms with Crippen LogP contribution in [0.25, 0.3) is 11.1 Å². The van der Waals surface area contributed by atoms with Gasteiger partial charge < -0.3 is 4.42 Å². The van der Waals surface area contributed by atoms with E-state index in [0.29, 0.717) is 5.89 Å². The van der Waals surface area contributed by atoms with Crippen molar-refractivity contribution in [3.05, 3.63) is 29.7 Å². The Balaban J connectivity index is 2.55. The number of aromatic nitrogens is 1. The second-order valence-corrected chi connectivity index (χ2v) is 3.94. The second kappa shape index (κ2) is 4.06. The first kappa shape index (κ1) is 10.2. The van der Waals surface area contributed by atoms with Gasteiger partial charge in [-0.05, 0) is 24.5 Å². The maximum atomic E-state index is 5.47. The minimum absolute atomic E-state index is 0.696. The van der Waals surface area contributed by atoms with E-state index >= 15 is 0 Å².